The summed E-state index contributed by atoms with van der Waals surface area (Å²) in [6.45, 7) is 1.49. The van der Waals surface area contributed by atoms with E-state index in [0.29, 0.717) is 6.42 Å². The van der Waals surface area contributed by atoms with Crippen LogP contribution in [0.15, 0.2) is 46.7 Å². The number of anilines is 1. The Kier molecular flexibility index (Phi) is 6.02. The van der Waals surface area contributed by atoms with Gasteiger partial charge in [-0.2, -0.15) is 0 Å². The van der Waals surface area contributed by atoms with Crippen molar-refractivity contribution in [1.82, 2.24) is 0 Å². The number of ketones is 1. The molecule has 0 atom stereocenters. The summed E-state index contributed by atoms with van der Waals surface area (Å²) in [4.78, 5) is 24.7. The van der Waals surface area contributed by atoms with E-state index in [-0.39, 0.29) is 11.7 Å². The lowest BCUT2D eigenvalue weighted by Gasteiger charge is -2.04. The third-order valence-corrected chi connectivity index (χ3v) is 4.80. The smallest absolute Gasteiger partial charge is 0.221 e. The van der Waals surface area contributed by atoms with E-state index in [1.165, 1.54) is 18.3 Å². The molecule has 2 rings (SSSR count). The predicted octanol–water partition coefficient (Wildman–Crippen LogP) is 4.46. The number of amides is 1. The molecule has 2 aromatic rings. The molecule has 3 nitrogen and oxygen atoms in total. The fourth-order valence-electron chi connectivity index (χ4n) is 1.82. The van der Waals surface area contributed by atoms with Gasteiger partial charge < -0.3 is 5.32 Å². The summed E-state index contributed by atoms with van der Waals surface area (Å²) in [5, 5.41) is 4.67. The molecule has 0 unspecified atom stereocenters. The molecule has 0 aliphatic carbocycles. The quantitative estimate of drug-likeness (QED) is 0.465. The zero-order chi connectivity index (χ0) is 15.1. The van der Waals surface area contributed by atoms with Gasteiger partial charge in [-0.3, -0.25) is 9.59 Å². The van der Waals surface area contributed by atoms with Crippen molar-refractivity contribution in [2.45, 2.75) is 24.7 Å². The van der Waals surface area contributed by atoms with Crippen LogP contribution in [0.4, 0.5) is 5.69 Å². The zero-order valence-corrected chi connectivity index (χ0v) is 13.4. The minimum atomic E-state index is -0.0671. The van der Waals surface area contributed by atoms with Gasteiger partial charge >= 0.3 is 0 Å². The first kappa shape index (κ1) is 15.8. The molecule has 0 aliphatic rings. The molecule has 0 saturated heterocycles. The SMILES string of the molecule is CC(=O)Nc1ccc(SCCCC(=O)c2cccs2)cc1. The standard InChI is InChI=1S/C16H17NO2S2/c1-12(18)17-13-6-8-14(9-7-13)20-10-2-4-15(19)16-5-3-11-21-16/h3,5-9,11H,2,4,10H2,1H3,(H,17,18). The highest BCUT2D eigenvalue weighted by atomic mass is 32.2. The van der Waals surface area contributed by atoms with Crippen molar-refractivity contribution in [1.29, 1.82) is 0 Å². The number of thiophene rings is 1. The summed E-state index contributed by atoms with van der Waals surface area (Å²) < 4.78 is 0. The number of Topliss-reactive ketones (excluding diaryl/α,β-unsaturated/α-hetero) is 1. The van der Waals surface area contributed by atoms with Gasteiger partial charge in [-0.1, -0.05) is 6.07 Å². The molecular weight excluding hydrogens is 302 g/mol. The zero-order valence-electron chi connectivity index (χ0n) is 11.8. The monoisotopic (exact) mass is 319 g/mol. The van der Waals surface area contributed by atoms with Crippen LogP contribution < -0.4 is 5.32 Å². The highest BCUT2D eigenvalue weighted by molar-refractivity contribution is 7.99. The van der Waals surface area contributed by atoms with Gasteiger partial charge in [0.15, 0.2) is 5.78 Å². The normalized spacial score (nSPS) is 10.3. The van der Waals surface area contributed by atoms with Gasteiger partial charge in [0.05, 0.1) is 4.88 Å². The van der Waals surface area contributed by atoms with E-state index in [9.17, 15) is 9.59 Å². The first-order chi connectivity index (χ1) is 10.1. The fourth-order valence-corrected chi connectivity index (χ4v) is 3.37. The van der Waals surface area contributed by atoms with Crippen LogP contribution in [-0.4, -0.2) is 17.4 Å². The van der Waals surface area contributed by atoms with Crippen LogP contribution in [0.1, 0.15) is 29.4 Å². The maximum Gasteiger partial charge on any atom is 0.221 e. The fraction of sp³-hybridized carbons (Fsp3) is 0.250. The molecular formula is C16H17NO2S2. The molecule has 1 amide bonds. The summed E-state index contributed by atoms with van der Waals surface area (Å²) in [5.74, 6) is 1.07. The van der Waals surface area contributed by atoms with Gasteiger partial charge in [0.25, 0.3) is 0 Å². The average molecular weight is 319 g/mol. The van der Waals surface area contributed by atoms with Crippen molar-refractivity contribution in [3.8, 4) is 0 Å². The number of benzene rings is 1. The molecule has 0 spiro atoms. The molecule has 0 saturated carbocycles. The maximum absolute atomic E-state index is 11.8. The van der Waals surface area contributed by atoms with E-state index in [4.69, 9.17) is 0 Å². The van der Waals surface area contributed by atoms with E-state index in [2.05, 4.69) is 5.32 Å². The van der Waals surface area contributed by atoms with Crippen molar-refractivity contribution in [3.63, 3.8) is 0 Å². The van der Waals surface area contributed by atoms with Gasteiger partial charge in [-0.15, -0.1) is 23.1 Å². The first-order valence-electron chi connectivity index (χ1n) is 6.72. The van der Waals surface area contributed by atoms with Crippen molar-refractivity contribution in [2.24, 2.45) is 0 Å². The molecule has 1 aromatic carbocycles. The number of thioether (sulfide) groups is 1. The number of carbonyl (C=O) groups excluding carboxylic acids is 2. The molecule has 1 N–H and O–H groups in total. The Bertz CT molecular complexity index is 591. The van der Waals surface area contributed by atoms with E-state index in [1.54, 1.807) is 11.8 Å². The number of hydrogen-bond donors (Lipinski definition) is 1. The van der Waals surface area contributed by atoms with Crippen LogP contribution in [0.5, 0.6) is 0 Å². The summed E-state index contributed by atoms with van der Waals surface area (Å²) in [6, 6.07) is 11.5. The van der Waals surface area contributed by atoms with Gasteiger partial charge in [-0.25, -0.2) is 0 Å². The molecule has 5 heteroatoms. The number of carbonyl (C=O) groups is 2. The molecule has 0 bridgehead atoms. The topological polar surface area (TPSA) is 46.2 Å². The Labute approximate surface area is 132 Å². The minimum Gasteiger partial charge on any atom is -0.326 e. The molecule has 0 aliphatic heterocycles. The lowest BCUT2D eigenvalue weighted by Crippen LogP contribution is -2.05. The van der Waals surface area contributed by atoms with Crippen LogP contribution in [0.25, 0.3) is 0 Å². The summed E-state index contributed by atoms with van der Waals surface area (Å²) >= 11 is 3.23. The first-order valence-corrected chi connectivity index (χ1v) is 8.59. The van der Waals surface area contributed by atoms with Gasteiger partial charge in [-0.05, 0) is 47.9 Å². The summed E-state index contributed by atoms with van der Waals surface area (Å²) in [7, 11) is 0. The number of rotatable bonds is 7. The predicted molar refractivity (Wildman–Crippen MR) is 89.4 cm³/mol. The van der Waals surface area contributed by atoms with Crippen LogP contribution in [0.3, 0.4) is 0 Å². The summed E-state index contributed by atoms with van der Waals surface area (Å²) in [5.41, 5.74) is 0.805. The lowest BCUT2D eigenvalue weighted by molar-refractivity contribution is -0.114. The van der Waals surface area contributed by atoms with Crippen molar-refractivity contribution in [2.75, 3.05) is 11.1 Å². The highest BCUT2D eigenvalue weighted by Crippen LogP contribution is 2.22. The largest absolute Gasteiger partial charge is 0.326 e. The van der Waals surface area contributed by atoms with Crippen LogP contribution >= 0.6 is 23.1 Å². The van der Waals surface area contributed by atoms with Crippen LogP contribution in [0.2, 0.25) is 0 Å². The minimum absolute atomic E-state index is 0.0671. The van der Waals surface area contributed by atoms with Crippen molar-refractivity contribution >= 4 is 40.5 Å². The van der Waals surface area contributed by atoms with Crippen molar-refractivity contribution in [3.05, 3.63) is 46.7 Å². The van der Waals surface area contributed by atoms with E-state index < -0.39 is 0 Å². The molecule has 110 valence electrons. The third-order valence-electron chi connectivity index (χ3n) is 2.79. The van der Waals surface area contributed by atoms with Crippen LogP contribution in [-0.2, 0) is 4.79 Å². The lowest BCUT2D eigenvalue weighted by atomic mass is 10.2. The second-order valence-electron chi connectivity index (χ2n) is 4.56. The highest BCUT2D eigenvalue weighted by Gasteiger charge is 2.06. The van der Waals surface area contributed by atoms with E-state index in [0.717, 1.165) is 27.6 Å². The molecule has 1 heterocycles. The Balaban J connectivity index is 1.71. The Morgan fingerprint density at radius 3 is 2.57 bits per heavy atom. The molecule has 0 radical (unpaired) electrons. The second-order valence-corrected chi connectivity index (χ2v) is 6.67. The molecule has 21 heavy (non-hydrogen) atoms. The van der Waals surface area contributed by atoms with Gasteiger partial charge in [0.1, 0.15) is 0 Å². The van der Waals surface area contributed by atoms with E-state index in [1.807, 2.05) is 41.8 Å². The Hall–Kier alpha value is -1.59. The maximum atomic E-state index is 11.8. The Morgan fingerprint density at radius 2 is 1.95 bits per heavy atom. The second kappa shape index (κ2) is 8.00. The van der Waals surface area contributed by atoms with E-state index >= 15 is 0 Å². The molecule has 1 aromatic heterocycles. The molecule has 0 fully saturated rings. The number of nitrogens with one attached hydrogen (secondary N) is 1. The van der Waals surface area contributed by atoms with Crippen LogP contribution in [0, 0.1) is 0 Å². The number of hydrogen-bond acceptors (Lipinski definition) is 4. The van der Waals surface area contributed by atoms with Crippen molar-refractivity contribution < 1.29 is 9.59 Å². The average Bonchev–Trinajstić information content (AvgIpc) is 2.99. The third kappa shape index (κ3) is 5.36. The van der Waals surface area contributed by atoms with Gasteiger partial charge in [0.2, 0.25) is 5.91 Å². The van der Waals surface area contributed by atoms with Gasteiger partial charge in [0, 0.05) is 23.9 Å². The Morgan fingerprint density at radius 1 is 1.19 bits per heavy atom. The summed E-state index contributed by atoms with van der Waals surface area (Å²) in [6.07, 6.45) is 1.46.